The zero-order valence-electron chi connectivity index (χ0n) is 9.94. The zero-order chi connectivity index (χ0) is 13.2. The van der Waals surface area contributed by atoms with Crippen LogP contribution in [0.15, 0.2) is 12.3 Å². The van der Waals surface area contributed by atoms with Gasteiger partial charge in [-0.25, -0.2) is 14.2 Å². The summed E-state index contributed by atoms with van der Waals surface area (Å²) >= 11 is 0. The molecule has 1 aromatic rings. The molecule has 0 amide bonds. The van der Waals surface area contributed by atoms with Gasteiger partial charge in [0.25, 0.3) is 0 Å². The zero-order valence-corrected chi connectivity index (χ0v) is 9.94. The Morgan fingerprint density at radius 1 is 1.59 bits per heavy atom. The van der Waals surface area contributed by atoms with Gasteiger partial charge in [-0.15, -0.1) is 0 Å². The monoisotopic (exact) mass is 242 g/mol. The largest absolute Gasteiger partial charge is 0.478 e. The van der Waals surface area contributed by atoms with Crippen molar-refractivity contribution >= 4 is 11.8 Å². The molecule has 0 aliphatic heterocycles. The van der Waals surface area contributed by atoms with Crippen LogP contribution in [0, 0.1) is 5.82 Å². The van der Waals surface area contributed by atoms with Crippen LogP contribution in [0.2, 0.25) is 0 Å². The molecular formula is C11H15FN2O3. The Labute approximate surface area is 98.5 Å². The molecule has 1 rings (SSSR count). The molecule has 0 saturated carbocycles. The molecule has 0 atom stereocenters. The summed E-state index contributed by atoms with van der Waals surface area (Å²) in [6.45, 7) is 3.19. The number of nitrogens with zero attached hydrogens (tertiary/aromatic N) is 2. The lowest BCUT2D eigenvalue weighted by molar-refractivity contribution is 0.0691. The third-order valence-electron chi connectivity index (χ3n) is 2.71. The Hall–Kier alpha value is -1.69. The Morgan fingerprint density at radius 3 is 2.65 bits per heavy atom. The van der Waals surface area contributed by atoms with Crippen molar-refractivity contribution in [2.45, 2.75) is 19.4 Å². The molecule has 2 N–H and O–H groups in total. The van der Waals surface area contributed by atoms with Gasteiger partial charge in [0.2, 0.25) is 0 Å². The summed E-state index contributed by atoms with van der Waals surface area (Å²) in [6, 6.07) is 1.10. The smallest absolute Gasteiger partial charge is 0.338 e. The Morgan fingerprint density at radius 2 is 2.18 bits per heavy atom. The molecule has 0 bridgehead atoms. The number of aliphatic hydroxyl groups is 1. The second-order valence-corrected chi connectivity index (χ2v) is 4.33. The van der Waals surface area contributed by atoms with Gasteiger partial charge in [-0.05, 0) is 19.9 Å². The van der Waals surface area contributed by atoms with Crippen LogP contribution < -0.4 is 4.90 Å². The van der Waals surface area contributed by atoms with Crippen LogP contribution >= 0.6 is 0 Å². The fraction of sp³-hybridized carbons (Fsp3) is 0.455. The first kappa shape index (κ1) is 13.4. The van der Waals surface area contributed by atoms with Crippen molar-refractivity contribution in [2.75, 3.05) is 18.6 Å². The Balaban J connectivity index is 3.24. The molecule has 0 spiro atoms. The van der Waals surface area contributed by atoms with E-state index in [1.807, 2.05) is 0 Å². The van der Waals surface area contributed by atoms with E-state index in [-0.39, 0.29) is 12.4 Å². The van der Waals surface area contributed by atoms with Gasteiger partial charge >= 0.3 is 5.97 Å². The molecule has 0 fully saturated rings. The van der Waals surface area contributed by atoms with Crippen LogP contribution in [-0.2, 0) is 0 Å². The standard InChI is InChI=1S/C11H15FN2O3/c1-11(2,6-15)14(3)9-8(12)7(10(16)17)4-5-13-9/h4-5,15H,6H2,1-3H3,(H,16,17). The first-order valence-electron chi connectivity index (χ1n) is 5.03. The summed E-state index contributed by atoms with van der Waals surface area (Å²) in [5, 5.41) is 18.0. The van der Waals surface area contributed by atoms with Crippen LogP contribution in [0.4, 0.5) is 10.2 Å². The van der Waals surface area contributed by atoms with Crippen molar-refractivity contribution in [3.8, 4) is 0 Å². The Kier molecular flexibility index (Phi) is 3.67. The van der Waals surface area contributed by atoms with Gasteiger partial charge in [0.05, 0.1) is 12.1 Å². The van der Waals surface area contributed by atoms with E-state index in [0.29, 0.717) is 0 Å². The first-order chi connectivity index (χ1) is 7.81. The highest BCUT2D eigenvalue weighted by atomic mass is 19.1. The van der Waals surface area contributed by atoms with Gasteiger partial charge in [0.1, 0.15) is 5.56 Å². The van der Waals surface area contributed by atoms with E-state index in [0.717, 1.165) is 6.07 Å². The van der Waals surface area contributed by atoms with Crippen molar-refractivity contribution in [1.29, 1.82) is 0 Å². The molecule has 17 heavy (non-hydrogen) atoms. The average Bonchev–Trinajstić information content (AvgIpc) is 2.28. The normalized spacial score (nSPS) is 11.4. The number of aromatic carboxylic acids is 1. The number of carboxylic acids is 1. The highest BCUT2D eigenvalue weighted by Gasteiger charge is 2.27. The topological polar surface area (TPSA) is 73.7 Å². The fourth-order valence-corrected chi connectivity index (χ4v) is 1.22. The second kappa shape index (κ2) is 4.67. The van der Waals surface area contributed by atoms with Gasteiger partial charge in [-0.2, -0.15) is 0 Å². The number of carboxylic acid groups (broad SMARTS) is 1. The summed E-state index contributed by atoms with van der Waals surface area (Å²) in [5.74, 6) is -2.34. The highest BCUT2D eigenvalue weighted by Crippen LogP contribution is 2.24. The molecule has 6 heteroatoms. The molecule has 0 aliphatic rings. The molecule has 1 heterocycles. The third-order valence-corrected chi connectivity index (χ3v) is 2.71. The minimum atomic E-state index is -1.35. The summed E-state index contributed by atoms with van der Waals surface area (Å²) in [6.07, 6.45) is 1.23. The van der Waals surface area contributed by atoms with E-state index in [1.54, 1.807) is 20.9 Å². The fourth-order valence-electron chi connectivity index (χ4n) is 1.22. The number of halogens is 1. The van der Waals surface area contributed by atoms with Crippen molar-refractivity contribution in [2.24, 2.45) is 0 Å². The van der Waals surface area contributed by atoms with E-state index in [1.165, 1.54) is 11.1 Å². The number of anilines is 1. The molecule has 94 valence electrons. The van der Waals surface area contributed by atoms with Crippen LogP contribution in [0.5, 0.6) is 0 Å². The van der Waals surface area contributed by atoms with E-state index < -0.39 is 22.9 Å². The van der Waals surface area contributed by atoms with E-state index >= 15 is 0 Å². The molecular weight excluding hydrogens is 227 g/mol. The summed E-state index contributed by atoms with van der Waals surface area (Å²) in [7, 11) is 1.55. The van der Waals surface area contributed by atoms with Crippen LogP contribution in [0.3, 0.4) is 0 Å². The summed E-state index contributed by atoms with van der Waals surface area (Å²) < 4.78 is 13.9. The number of pyridine rings is 1. The molecule has 0 saturated heterocycles. The number of hydrogen-bond acceptors (Lipinski definition) is 4. The first-order valence-corrected chi connectivity index (χ1v) is 5.03. The van der Waals surface area contributed by atoms with Crippen molar-refractivity contribution < 1.29 is 19.4 Å². The van der Waals surface area contributed by atoms with Gasteiger partial charge in [-0.1, -0.05) is 0 Å². The number of aromatic nitrogens is 1. The van der Waals surface area contributed by atoms with Crippen LogP contribution in [-0.4, -0.2) is 40.4 Å². The molecule has 1 aromatic heterocycles. The van der Waals surface area contributed by atoms with Crippen LogP contribution in [0.1, 0.15) is 24.2 Å². The molecule has 0 aliphatic carbocycles. The number of hydrogen-bond donors (Lipinski definition) is 2. The minimum absolute atomic E-state index is 0.0936. The number of aliphatic hydroxyl groups excluding tert-OH is 1. The van der Waals surface area contributed by atoms with Gasteiger partial charge in [0, 0.05) is 13.2 Å². The molecule has 0 unspecified atom stereocenters. The number of likely N-dealkylation sites (N-methyl/N-ethyl adjacent to an activating group) is 1. The maximum absolute atomic E-state index is 13.9. The number of carbonyl (C=O) groups is 1. The van der Waals surface area contributed by atoms with Crippen LogP contribution in [0.25, 0.3) is 0 Å². The van der Waals surface area contributed by atoms with E-state index in [9.17, 15) is 14.3 Å². The van der Waals surface area contributed by atoms with Crippen molar-refractivity contribution in [1.82, 2.24) is 4.98 Å². The van der Waals surface area contributed by atoms with Crippen molar-refractivity contribution in [3.63, 3.8) is 0 Å². The minimum Gasteiger partial charge on any atom is -0.478 e. The summed E-state index contributed by atoms with van der Waals surface area (Å²) in [4.78, 5) is 16.0. The lowest BCUT2D eigenvalue weighted by atomic mass is 10.0. The van der Waals surface area contributed by atoms with E-state index in [4.69, 9.17) is 5.11 Å². The van der Waals surface area contributed by atoms with Gasteiger partial charge in [-0.3, -0.25) is 0 Å². The van der Waals surface area contributed by atoms with Crippen molar-refractivity contribution in [3.05, 3.63) is 23.6 Å². The lowest BCUT2D eigenvalue weighted by Gasteiger charge is -2.35. The highest BCUT2D eigenvalue weighted by molar-refractivity contribution is 5.88. The summed E-state index contributed by atoms with van der Waals surface area (Å²) in [5.41, 5.74) is -1.17. The molecule has 0 radical (unpaired) electrons. The van der Waals surface area contributed by atoms with E-state index in [2.05, 4.69) is 4.98 Å². The second-order valence-electron chi connectivity index (χ2n) is 4.33. The quantitative estimate of drug-likeness (QED) is 0.827. The average molecular weight is 242 g/mol. The Bertz CT molecular complexity index is 435. The van der Waals surface area contributed by atoms with Gasteiger partial charge in [0.15, 0.2) is 11.6 Å². The lowest BCUT2D eigenvalue weighted by Crippen LogP contribution is -2.45. The maximum atomic E-state index is 13.9. The number of rotatable bonds is 4. The molecule has 5 nitrogen and oxygen atoms in total. The third kappa shape index (κ3) is 2.52. The predicted octanol–water partition coefficient (Wildman–Crippen LogP) is 1.13. The van der Waals surface area contributed by atoms with Gasteiger partial charge < -0.3 is 15.1 Å². The maximum Gasteiger partial charge on any atom is 0.338 e. The SMILES string of the molecule is CN(c1nccc(C(=O)O)c1F)C(C)(C)CO. The molecule has 0 aromatic carbocycles. The predicted molar refractivity (Wildman–Crippen MR) is 60.7 cm³/mol.